The predicted molar refractivity (Wildman–Crippen MR) is 75.7 cm³/mol. The number of fused-ring (bicyclic) bond motifs is 1. The van der Waals surface area contributed by atoms with Crippen LogP contribution >= 0.6 is 0 Å². The van der Waals surface area contributed by atoms with Gasteiger partial charge in [0.05, 0.1) is 10.5 Å². The fraction of sp³-hybridized carbons (Fsp3) is 0.714. The van der Waals surface area contributed by atoms with Gasteiger partial charge >= 0.3 is 0 Å². The normalized spacial score (nSPS) is 32.0. The fourth-order valence-electron chi connectivity index (χ4n) is 3.54. The van der Waals surface area contributed by atoms with Crippen molar-refractivity contribution in [2.24, 2.45) is 13.0 Å². The summed E-state index contributed by atoms with van der Waals surface area (Å²) in [5.41, 5.74) is -0.638. The van der Waals surface area contributed by atoms with Crippen molar-refractivity contribution < 1.29 is 13.5 Å². The minimum atomic E-state index is -3.42. The molecule has 5 nitrogen and oxygen atoms in total. The predicted octanol–water partition coefficient (Wildman–Crippen LogP) is 1.34. The first kappa shape index (κ1) is 14.1. The number of hydrogen-bond donors (Lipinski definition) is 1. The molecule has 0 amide bonds. The van der Waals surface area contributed by atoms with Crippen molar-refractivity contribution in [2.45, 2.75) is 42.6 Å². The molecule has 1 N–H and O–H groups in total. The number of piperidine rings is 1. The molecule has 2 aliphatic rings. The van der Waals surface area contributed by atoms with E-state index < -0.39 is 15.6 Å². The molecule has 1 saturated carbocycles. The van der Waals surface area contributed by atoms with Gasteiger partial charge in [0.1, 0.15) is 0 Å². The number of aliphatic hydroxyl groups is 1. The van der Waals surface area contributed by atoms with Crippen molar-refractivity contribution in [3.05, 3.63) is 18.5 Å². The molecule has 0 radical (unpaired) electrons. The third-order valence-corrected chi connectivity index (χ3v) is 6.68. The van der Waals surface area contributed by atoms with Crippen molar-refractivity contribution >= 4 is 10.0 Å². The Balaban J connectivity index is 1.82. The zero-order chi connectivity index (χ0) is 14.4. The van der Waals surface area contributed by atoms with Crippen LogP contribution < -0.4 is 0 Å². The number of hydrogen-bond acceptors (Lipinski definition) is 3. The third-order valence-electron chi connectivity index (χ3n) is 4.83. The van der Waals surface area contributed by atoms with Crippen LogP contribution in [0.15, 0.2) is 23.4 Å². The summed E-state index contributed by atoms with van der Waals surface area (Å²) in [6.07, 6.45) is 7.83. The standard InChI is InChI=1S/C14H22N2O3S/c1-15-8-5-13(11-15)20(18,19)16-9-7-14(17)6-3-2-4-12(14)10-16/h5,8,11-12,17H,2-4,6-7,9-10H2,1H3. The molecule has 6 heteroatoms. The lowest BCUT2D eigenvalue weighted by Gasteiger charge is -2.46. The Morgan fingerprint density at radius 1 is 1.35 bits per heavy atom. The smallest absolute Gasteiger partial charge is 0.244 e. The lowest BCUT2D eigenvalue weighted by Crippen LogP contribution is -2.54. The van der Waals surface area contributed by atoms with E-state index in [9.17, 15) is 13.5 Å². The zero-order valence-corrected chi connectivity index (χ0v) is 12.6. The van der Waals surface area contributed by atoms with E-state index in [0.717, 1.165) is 25.7 Å². The highest BCUT2D eigenvalue weighted by atomic mass is 32.2. The molecule has 2 atom stereocenters. The van der Waals surface area contributed by atoms with Crippen LogP contribution in [0.1, 0.15) is 32.1 Å². The number of rotatable bonds is 2. The van der Waals surface area contributed by atoms with Gasteiger partial charge in [-0.3, -0.25) is 0 Å². The number of aryl methyl sites for hydroxylation is 1. The third kappa shape index (κ3) is 2.29. The molecule has 0 spiro atoms. The van der Waals surface area contributed by atoms with E-state index in [4.69, 9.17) is 0 Å². The van der Waals surface area contributed by atoms with Crippen LogP contribution in [0.2, 0.25) is 0 Å². The second kappa shape index (κ2) is 4.86. The Morgan fingerprint density at radius 3 is 2.85 bits per heavy atom. The summed E-state index contributed by atoms with van der Waals surface area (Å²) < 4.78 is 28.5. The molecular weight excluding hydrogens is 276 g/mol. The molecule has 3 rings (SSSR count). The Morgan fingerprint density at radius 2 is 2.15 bits per heavy atom. The molecule has 20 heavy (non-hydrogen) atoms. The summed E-state index contributed by atoms with van der Waals surface area (Å²) in [5.74, 6) is 0.0866. The summed E-state index contributed by atoms with van der Waals surface area (Å²) in [4.78, 5) is 0.348. The van der Waals surface area contributed by atoms with Gasteiger partial charge in [-0.05, 0) is 25.3 Å². The zero-order valence-electron chi connectivity index (χ0n) is 11.8. The minimum Gasteiger partial charge on any atom is -0.390 e. The van der Waals surface area contributed by atoms with Crippen LogP contribution in [0.3, 0.4) is 0 Å². The van der Waals surface area contributed by atoms with Gasteiger partial charge in [-0.25, -0.2) is 8.42 Å². The van der Waals surface area contributed by atoms with Gasteiger partial charge in [0.2, 0.25) is 10.0 Å². The van der Waals surface area contributed by atoms with Crippen molar-refractivity contribution in [2.75, 3.05) is 13.1 Å². The second-order valence-corrected chi connectivity index (χ2v) is 8.11. The molecule has 2 heterocycles. The molecule has 1 aliphatic carbocycles. The monoisotopic (exact) mass is 298 g/mol. The number of aromatic nitrogens is 1. The quantitative estimate of drug-likeness (QED) is 0.896. The first-order valence-electron chi connectivity index (χ1n) is 7.26. The molecule has 1 aliphatic heterocycles. The van der Waals surface area contributed by atoms with E-state index >= 15 is 0 Å². The van der Waals surface area contributed by atoms with E-state index in [1.807, 2.05) is 7.05 Å². The van der Waals surface area contributed by atoms with Gasteiger partial charge in [-0.1, -0.05) is 12.8 Å². The Hall–Kier alpha value is -0.850. The van der Waals surface area contributed by atoms with Gasteiger partial charge in [-0.2, -0.15) is 4.31 Å². The van der Waals surface area contributed by atoms with Crippen molar-refractivity contribution in [3.8, 4) is 0 Å². The van der Waals surface area contributed by atoms with Gasteiger partial charge < -0.3 is 9.67 Å². The van der Waals surface area contributed by atoms with E-state index in [2.05, 4.69) is 0 Å². The lowest BCUT2D eigenvalue weighted by atomic mass is 9.72. The van der Waals surface area contributed by atoms with Crippen molar-refractivity contribution in [3.63, 3.8) is 0 Å². The highest BCUT2D eigenvalue weighted by Gasteiger charge is 2.45. The number of nitrogens with zero attached hydrogens (tertiary/aromatic N) is 2. The van der Waals surface area contributed by atoms with Crippen LogP contribution in [-0.4, -0.2) is 41.1 Å². The molecular formula is C14H22N2O3S. The maximum Gasteiger partial charge on any atom is 0.244 e. The van der Waals surface area contributed by atoms with E-state index in [1.165, 1.54) is 0 Å². The summed E-state index contributed by atoms with van der Waals surface area (Å²) >= 11 is 0. The Labute approximate surface area is 120 Å². The maximum atomic E-state index is 12.6. The van der Waals surface area contributed by atoms with Crippen LogP contribution in [0, 0.1) is 5.92 Å². The van der Waals surface area contributed by atoms with Crippen LogP contribution in [0.25, 0.3) is 0 Å². The highest BCUT2D eigenvalue weighted by molar-refractivity contribution is 7.89. The summed E-state index contributed by atoms with van der Waals surface area (Å²) in [6.45, 7) is 0.873. The Bertz CT molecular complexity index is 595. The van der Waals surface area contributed by atoms with E-state index in [0.29, 0.717) is 24.4 Å². The molecule has 112 valence electrons. The van der Waals surface area contributed by atoms with Gasteiger partial charge in [0.25, 0.3) is 0 Å². The molecule has 1 aromatic heterocycles. The topological polar surface area (TPSA) is 62.5 Å². The lowest BCUT2D eigenvalue weighted by molar-refractivity contribution is -0.0816. The summed E-state index contributed by atoms with van der Waals surface area (Å²) in [6, 6.07) is 1.64. The largest absolute Gasteiger partial charge is 0.390 e. The van der Waals surface area contributed by atoms with Crippen LogP contribution in [-0.2, 0) is 17.1 Å². The van der Waals surface area contributed by atoms with Crippen molar-refractivity contribution in [1.82, 2.24) is 8.87 Å². The van der Waals surface area contributed by atoms with Crippen molar-refractivity contribution in [1.29, 1.82) is 0 Å². The van der Waals surface area contributed by atoms with Gasteiger partial charge in [-0.15, -0.1) is 0 Å². The number of sulfonamides is 1. The maximum absolute atomic E-state index is 12.6. The van der Waals surface area contributed by atoms with E-state index in [1.54, 1.807) is 27.3 Å². The summed E-state index contributed by atoms with van der Waals surface area (Å²) in [7, 11) is -1.60. The molecule has 2 unspecified atom stereocenters. The molecule has 2 fully saturated rings. The Kier molecular flexibility index (Phi) is 3.43. The van der Waals surface area contributed by atoms with Gasteiger partial charge in [0.15, 0.2) is 0 Å². The second-order valence-electron chi connectivity index (χ2n) is 6.17. The molecule has 0 aromatic carbocycles. The minimum absolute atomic E-state index is 0.0866. The molecule has 0 bridgehead atoms. The van der Waals surface area contributed by atoms with Gasteiger partial charge in [0, 0.05) is 38.4 Å². The van der Waals surface area contributed by atoms with Crippen LogP contribution in [0.4, 0.5) is 0 Å². The SMILES string of the molecule is Cn1ccc(S(=O)(=O)N2CCC3(O)CCCCC3C2)c1. The first-order valence-corrected chi connectivity index (χ1v) is 8.70. The average molecular weight is 298 g/mol. The fourth-order valence-corrected chi connectivity index (χ4v) is 5.08. The van der Waals surface area contributed by atoms with Crippen LogP contribution in [0.5, 0.6) is 0 Å². The van der Waals surface area contributed by atoms with E-state index in [-0.39, 0.29) is 5.92 Å². The summed E-state index contributed by atoms with van der Waals surface area (Å²) in [5, 5.41) is 10.6. The average Bonchev–Trinajstić information content (AvgIpc) is 2.85. The molecule has 1 aromatic rings. The first-order chi connectivity index (χ1) is 9.42. The molecule has 1 saturated heterocycles. The highest BCUT2D eigenvalue weighted by Crippen LogP contribution is 2.40.